The number of hydrogen-bond acceptors (Lipinski definition) is 4. The minimum absolute atomic E-state index is 0.0706. The summed E-state index contributed by atoms with van der Waals surface area (Å²) < 4.78 is 13.7. The van der Waals surface area contributed by atoms with Crippen LogP contribution in [0.3, 0.4) is 0 Å². The van der Waals surface area contributed by atoms with Crippen molar-refractivity contribution in [3.63, 3.8) is 0 Å². The molecule has 2 heterocycles. The van der Waals surface area contributed by atoms with E-state index in [1.807, 2.05) is 59.5 Å². The Hall–Kier alpha value is -4.75. The highest BCUT2D eigenvalue weighted by Gasteiger charge is 2.29. The molecule has 7 heteroatoms. The number of carbonyl (C=O) groups excluding carboxylic acids is 2. The van der Waals surface area contributed by atoms with E-state index in [-0.39, 0.29) is 23.4 Å². The topological polar surface area (TPSA) is 64.1 Å². The van der Waals surface area contributed by atoms with Crippen LogP contribution in [0.1, 0.15) is 59.2 Å². The van der Waals surface area contributed by atoms with Crippen LogP contribution in [-0.2, 0) is 17.8 Å². The fourth-order valence-electron chi connectivity index (χ4n) is 6.94. The number of halogens is 1. The lowest BCUT2D eigenvalue weighted by molar-refractivity contribution is -0.126. The van der Waals surface area contributed by atoms with Crippen LogP contribution in [-0.4, -0.2) is 70.4 Å². The number of piperidine rings is 2. The van der Waals surface area contributed by atoms with Crippen molar-refractivity contribution in [2.45, 2.75) is 51.1 Å². The number of phenols is 1. The summed E-state index contributed by atoms with van der Waals surface area (Å²) in [6.45, 7) is 4.72. The third-order valence-corrected chi connectivity index (χ3v) is 9.61. The Kier molecular flexibility index (Phi) is 11.0. The molecule has 6 rings (SSSR count). The molecule has 4 aromatic carbocycles. The van der Waals surface area contributed by atoms with Crippen molar-refractivity contribution in [3.8, 4) is 16.9 Å². The molecule has 0 saturated carbocycles. The molecule has 0 radical (unpaired) electrons. The lowest BCUT2D eigenvalue weighted by Crippen LogP contribution is -2.48. The Morgan fingerprint density at radius 1 is 0.812 bits per heavy atom. The first-order valence-corrected chi connectivity index (χ1v) is 17.1. The second-order valence-corrected chi connectivity index (χ2v) is 12.9. The maximum Gasteiger partial charge on any atom is 0.254 e. The van der Waals surface area contributed by atoms with Gasteiger partial charge in [0.15, 0.2) is 0 Å². The van der Waals surface area contributed by atoms with Crippen molar-refractivity contribution in [1.29, 1.82) is 0 Å². The highest BCUT2D eigenvalue weighted by atomic mass is 19.1. The Morgan fingerprint density at radius 2 is 1.56 bits per heavy atom. The standard InChI is InChI=1S/C41H44FN3O3/c42-35-11-7-8-32(29-35)16-19-40(47)45(25-20-31-14-17-37(46)18-15-31)30-33-9-6-10-34(28-33)38-12-2-3-13-39(38)41(48)44-26-21-36(22-27-44)43-23-4-1-5-24-43/h2-3,6-19,28-29,36,46H,1,4-5,20-27,30H2/b19-16+. The number of carbonyl (C=O) groups is 2. The summed E-state index contributed by atoms with van der Waals surface area (Å²) in [5, 5.41) is 9.70. The second-order valence-electron chi connectivity index (χ2n) is 12.9. The molecule has 0 atom stereocenters. The smallest absolute Gasteiger partial charge is 0.254 e. The van der Waals surface area contributed by atoms with Gasteiger partial charge in [-0.15, -0.1) is 0 Å². The fourth-order valence-corrected chi connectivity index (χ4v) is 6.94. The zero-order valence-electron chi connectivity index (χ0n) is 27.4. The van der Waals surface area contributed by atoms with Crippen LogP contribution in [0, 0.1) is 5.82 Å². The molecule has 0 unspecified atom stereocenters. The molecule has 2 aliphatic heterocycles. The van der Waals surface area contributed by atoms with Crippen LogP contribution in [0.15, 0.2) is 103 Å². The number of amides is 2. The summed E-state index contributed by atoms with van der Waals surface area (Å²) in [5.74, 6) is -0.276. The van der Waals surface area contributed by atoms with E-state index in [0.29, 0.717) is 36.7 Å². The van der Waals surface area contributed by atoms with E-state index in [2.05, 4.69) is 11.0 Å². The molecular weight excluding hydrogens is 601 g/mol. The summed E-state index contributed by atoms with van der Waals surface area (Å²) in [7, 11) is 0. The molecule has 1 N–H and O–H groups in total. The van der Waals surface area contributed by atoms with Gasteiger partial charge < -0.3 is 19.8 Å². The lowest BCUT2D eigenvalue weighted by Gasteiger charge is -2.40. The maximum absolute atomic E-state index is 13.9. The van der Waals surface area contributed by atoms with Gasteiger partial charge in [0.25, 0.3) is 5.91 Å². The van der Waals surface area contributed by atoms with Crippen LogP contribution >= 0.6 is 0 Å². The zero-order chi connectivity index (χ0) is 33.3. The molecule has 0 aromatic heterocycles. The quantitative estimate of drug-likeness (QED) is 0.181. The van der Waals surface area contributed by atoms with Gasteiger partial charge in [-0.05, 0) is 115 Å². The van der Waals surface area contributed by atoms with Gasteiger partial charge in [0.2, 0.25) is 5.91 Å². The highest BCUT2D eigenvalue weighted by Crippen LogP contribution is 2.28. The highest BCUT2D eigenvalue weighted by molar-refractivity contribution is 6.01. The average molecular weight is 646 g/mol. The maximum atomic E-state index is 13.9. The normalized spacial score (nSPS) is 15.9. The van der Waals surface area contributed by atoms with Gasteiger partial charge in [-0.3, -0.25) is 9.59 Å². The largest absolute Gasteiger partial charge is 0.508 e. The molecular formula is C41H44FN3O3. The second kappa shape index (κ2) is 15.9. The van der Waals surface area contributed by atoms with Gasteiger partial charge in [0.05, 0.1) is 0 Å². The minimum atomic E-state index is -0.355. The summed E-state index contributed by atoms with van der Waals surface area (Å²) in [4.78, 5) is 33.8. The van der Waals surface area contributed by atoms with Crippen molar-refractivity contribution < 1.29 is 19.1 Å². The molecule has 2 saturated heterocycles. The molecule has 2 aliphatic rings. The molecule has 4 aromatic rings. The number of nitrogens with zero attached hydrogens (tertiary/aromatic N) is 3. The first kappa shape index (κ1) is 33.2. The van der Waals surface area contributed by atoms with Gasteiger partial charge in [0.1, 0.15) is 11.6 Å². The molecule has 2 amide bonds. The third-order valence-electron chi connectivity index (χ3n) is 9.61. The van der Waals surface area contributed by atoms with Gasteiger partial charge in [-0.1, -0.05) is 67.1 Å². The predicted octanol–water partition coefficient (Wildman–Crippen LogP) is 7.57. The van der Waals surface area contributed by atoms with E-state index in [9.17, 15) is 19.1 Å². The van der Waals surface area contributed by atoms with Crippen molar-refractivity contribution >= 4 is 17.9 Å². The van der Waals surface area contributed by atoms with E-state index in [1.165, 1.54) is 50.6 Å². The Bertz CT molecular complexity index is 1720. The van der Waals surface area contributed by atoms with Gasteiger partial charge in [0, 0.05) is 43.9 Å². The SMILES string of the molecule is O=C(/C=C/c1cccc(F)c1)N(CCc1ccc(O)cc1)Cc1cccc(-c2ccccc2C(=O)N2CCC(N3CCCCC3)CC2)c1. The number of rotatable bonds is 10. The van der Waals surface area contributed by atoms with Crippen LogP contribution in [0.4, 0.5) is 4.39 Å². The van der Waals surface area contributed by atoms with Crippen LogP contribution in [0.25, 0.3) is 17.2 Å². The third kappa shape index (κ3) is 8.58. The van der Waals surface area contributed by atoms with E-state index in [0.717, 1.165) is 48.2 Å². The van der Waals surface area contributed by atoms with E-state index < -0.39 is 0 Å². The van der Waals surface area contributed by atoms with Gasteiger partial charge >= 0.3 is 0 Å². The summed E-state index contributed by atoms with van der Waals surface area (Å²) >= 11 is 0. The summed E-state index contributed by atoms with van der Waals surface area (Å²) in [5.41, 5.74) is 5.07. The molecule has 0 spiro atoms. The molecule has 6 nitrogen and oxygen atoms in total. The van der Waals surface area contributed by atoms with E-state index in [1.54, 1.807) is 35.2 Å². The fraction of sp³-hybridized carbons (Fsp3) is 0.317. The van der Waals surface area contributed by atoms with Crippen molar-refractivity contribution in [2.24, 2.45) is 0 Å². The first-order chi connectivity index (χ1) is 23.4. The Morgan fingerprint density at radius 3 is 2.33 bits per heavy atom. The van der Waals surface area contributed by atoms with Crippen molar-refractivity contribution in [3.05, 3.63) is 131 Å². The average Bonchev–Trinajstić information content (AvgIpc) is 3.13. The summed E-state index contributed by atoms with van der Waals surface area (Å²) in [6.07, 6.45) is 9.64. The zero-order valence-corrected chi connectivity index (χ0v) is 27.4. The van der Waals surface area contributed by atoms with Crippen molar-refractivity contribution in [1.82, 2.24) is 14.7 Å². The summed E-state index contributed by atoms with van der Waals surface area (Å²) in [6, 6.07) is 29.6. The monoisotopic (exact) mass is 645 g/mol. The molecule has 48 heavy (non-hydrogen) atoms. The van der Waals surface area contributed by atoms with Gasteiger partial charge in [-0.2, -0.15) is 0 Å². The molecule has 0 aliphatic carbocycles. The lowest BCUT2D eigenvalue weighted by atomic mass is 9.95. The number of phenolic OH excluding ortho intramolecular Hbond substituents is 1. The van der Waals surface area contributed by atoms with E-state index >= 15 is 0 Å². The Balaban J connectivity index is 1.18. The molecule has 2 fully saturated rings. The van der Waals surface area contributed by atoms with E-state index in [4.69, 9.17) is 0 Å². The van der Waals surface area contributed by atoms with Gasteiger partial charge in [-0.25, -0.2) is 4.39 Å². The predicted molar refractivity (Wildman–Crippen MR) is 189 cm³/mol. The number of likely N-dealkylation sites (tertiary alicyclic amines) is 2. The van der Waals surface area contributed by atoms with Crippen LogP contribution < -0.4 is 0 Å². The van der Waals surface area contributed by atoms with Crippen LogP contribution in [0.2, 0.25) is 0 Å². The minimum Gasteiger partial charge on any atom is -0.508 e. The molecule has 0 bridgehead atoms. The molecule has 248 valence electrons. The van der Waals surface area contributed by atoms with Crippen LogP contribution in [0.5, 0.6) is 5.75 Å². The Labute approximate surface area is 283 Å². The number of aromatic hydroxyl groups is 1. The number of hydrogen-bond donors (Lipinski definition) is 1. The van der Waals surface area contributed by atoms with Crippen molar-refractivity contribution in [2.75, 3.05) is 32.7 Å². The first-order valence-electron chi connectivity index (χ1n) is 17.1. The number of benzene rings is 4.